The highest BCUT2D eigenvalue weighted by Gasteiger charge is 2.71. The Kier molecular flexibility index (Phi) is 6.04. The van der Waals surface area contributed by atoms with Crippen LogP contribution in [0.3, 0.4) is 0 Å². The van der Waals surface area contributed by atoms with Crippen LogP contribution in [-0.4, -0.2) is 40.6 Å². The summed E-state index contributed by atoms with van der Waals surface area (Å²) in [4.78, 5) is 1.74. The molecule has 0 saturated heterocycles. The van der Waals surface area contributed by atoms with Crippen molar-refractivity contribution in [1.82, 2.24) is 0 Å². The number of rotatable bonds is 4. The van der Waals surface area contributed by atoms with Gasteiger partial charge in [-0.2, -0.15) is 26.3 Å². The molecule has 1 aliphatic rings. The summed E-state index contributed by atoms with van der Waals surface area (Å²) < 4.78 is 78.9. The van der Waals surface area contributed by atoms with Gasteiger partial charge in [-0.05, 0) is 24.5 Å². The van der Waals surface area contributed by atoms with Gasteiger partial charge >= 0.3 is 12.4 Å². The number of nitrogens with zero attached hydrogens (tertiary/aromatic N) is 1. The Labute approximate surface area is 157 Å². The average molecular weight is 417 g/mol. The Morgan fingerprint density at radius 2 is 1.70 bits per heavy atom. The zero-order chi connectivity index (χ0) is 20.8. The molecule has 0 bridgehead atoms. The van der Waals surface area contributed by atoms with E-state index in [1.807, 2.05) is 6.92 Å². The number of hydrogen-bond donors (Lipinski definition) is 2. The normalized spacial score (nSPS) is 20.0. The smallest absolute Gasteiger partial charge is 0.373 e. The van der Waals surface area contributed by atoms with Gasteiger partial charge in [-0.3, -0.25) is 0 Å². The van der Waals surface area contributed by atoms with Gasteiger partial charge in [-0.25, -0.2) is 0 Å². The lowest BCUT2D eigenvalue weighted by Crippen LogP contribution is -2.54. The third-order valence-electron chi connectivity index (χ3n) is 4.57. The van der Waals surface area contributed by atoms with Crippen LogP contribution in [0.25, 0.3) is 0 Å². The highest BCUT2D eigenvalue weighted by atomic mass is 32.2. The summed E-state index contributed by atoms with van der Waals surface area (Å²) in [6.45, 7) is 5.77. The number of aliphatic hydroxyl groups excluding tert-OH is 1. The van der Waals surface area contributed by atoms with Gasteiger partial charge in [-0.15, -0.1) is 11.8 Å². The van der Waals surface area contributed by atoms with Gasteiger partial charge < -0.3 is 15.1 Å². The maximum atomic E-state index is 13.1. The van der Waals surface area contributed by atoms with Crippen molar-refractivity contribution in [3.8, 4) is 0 Å². The molecule has 1 aromatic rings. The van der Waals surface area contributed by atoms with Gasteiger partial charge in [0.25, 0.3) is 5.60 Å². The minimum atomic E-state index is -5.93. The number of anilines is 1. The molecule has 1 unspecified atom stereocenters. The molecule has 1 heterocycles. The first-order valence-electron chi connectivity index (χ1n) is 8.35. The van der Waals surface area contributed by atoms with E-state index in [0.717, 1.165) is 23.9 Å². The number of hydrogen-bond acceptors (Lipinski definition) is 4. The van der Waals surface area contributed by atoms with Gasteiger partial charge in [-0.1, -0.05) is 26.8 Å². The van der Waals surface area contributed by atoms with E-state index in [4.69, 9.17) is 0 Å². The average Bonchev–Trinajstić information content (AvgIpc) is 2.56. The number of benzene rings is 1. The molecule has 0 aliphatic carbocycles. The van der Waals surface area contributed by atoms with Crippen LogP contribution in [0.1, 0.15) is 32.8 Å². The maximum absolute atomic E-state index is 13.1. The van der Waals surface area contributed by atoms with Crippen LogP contribution in [0, 0.1) is 5.92 Å². The Morgan fingerprint density at radius 3 is 2.15 bits per heavy atom. The molecule has 10 heteroatoms. The maximum Gasteiger partial charge on any atom is 0.430 e. The first-order valence-corrected chi connectivity index (χ1v) is 9.23. The zero-order valence-corrected chi connectivity index (χ0v) is 15.7. The molecule has 3 nitrogen and oxygen atoms in total. The number of fused-ring (bicyclic) bond motifs is 1. The van der Waals surface area contributed by atoms with E-state index in [-0.39, 0.29) is 16.1 Å². The van der Waals surface area contributed by atoms with Crippen LogP contribution in [0.15, 0.2) is 23.1 Å². The molecule has 0 fully saturated rings. The summed E-state index contributed by atoms with van der Waals surface area (Å²) in [7, 11) is 0. The highest BCUT2D eigenvalue weighted by Crippen LogP contribution is 2.52. The summed E-state index contributed by atoms with van der Waals surface area (Å²) in [5, 5.41) is 19.9. The Morgan fingerprint density at radius 1 is 1.15 bits per heavy atom. The van der Waals surface area contributed by atoms with E-state index < -0.39 is 29.7 Å². The van der Waals surface area contributed by atoms with Crippen LogP contribution in [-0.2, 0) is 5.60 Å². The third-order valence-corrected chi connectivity index (χ3v) is 5.97. The van der Waals surface area contributed by atoms with Crippen molar-refractivity contribution in [1.29, 1.82) is 0 Å². The fraction of sp³-hybridized carbons (Fsp3) is 0.647. The lowest BCUT2D eigenvalue weighted by molar-refractivity contribution is -0.376. The number of thioether (sulfide) groups is 1. The van der Waals surface area contributed by atoms with E-state index in [0.29, 0.717) is 24.7 Å². The Balaban J connectivity index is 2.60. The molecule has 0 saturated carbocycles. The minimum Gasteiger partial charge on any atom is -0.373 e. The molecule has 0 radical (unpaired) electrons. The largest absolute Gasteiger partial charge is 0.430 e. The predicted molar refractivity (Wildman–Crippen MR) is 90.6 cm³/mol. The van der Waals surface area contributed by atoms with Crippen molar-refractivity contribution in [3.63, 3.8) is 0 Å². The van der Waals surface area contributed by atoms with Crippen LogP contribution in [0.2, 0.25) is 0 Å². The number of alkyl halides is 6. The second kappa shape index (κ2) is 7.36. The molecule has 2 N–H and O–H groups in total. The Hall–Kier alpha value is -1.13. The van der Waals surface area contributed by atoms with Gasteiger partial charge in [0.15, 0.2) is 0 Å². The fourth-order valence-electron chi connectivity index (χ4n) is 2.92. The summed E-state index contributed by atoms with van der Waals surface area (Å²) in [5.74, 6) is -0.194. The van der Waals surface area contributed by atoms with Gasteiger partial charge in [0.2, 0.25) is 0 Å². The van der Waals surface area contributed by atoms with Crippen molar-refractivity contribution in [2.75, 3.05) is 11.4 Å². The molecule has 2 rings (SSSR count). The van der Waals surface area contributed by atoms with E-state index in [1.165, 1.54) is 0 Å². The summed E-state index contributed by atoms with van der Waals surface area (Å²) in [5.41, 5.74) is -5.90. The van der Waals surface area contributed by atoms with Crippen molar-refractivity contribution in [2.45, 2.75) is 61.5 Å². The van der Waals surface area contributed by atoms with Crippen molar-refractivity contribution < 1.29 is 36.6 Å². The van der Waals surface area contributed by atoms with Crippen LogP contribution < -0.4 is 4.90 Å². The molecule has 1 aliphatic heterocycles. The topological polar surface area (TPSA) is 43.7 Å². The first-order chi connectivity index (χ1) is 12.2. The number of aliphatic hydroxyl groups is 2. The van der Waals surface area contributed by atoms with E-state index in [2.05, 4.69) is 0 Å². The standard InChI is InChI=1S/C17H21F6NO2S/c1-4-11-8-24(14(25)9(2)3)12-6-5-10(7-13(12)27-11)15(26,16(18,19)20)17(21,22)23/h5-7,9,11,14,25-26H,4,8H2,1-3H3/t11-,14?/m0/s1. The first kappa shape index (κ1) is 22.2. The molecular weight excluding hydrogens is 396 g/mol. The summed E-state index contributed by atoms with van der Waals surface area (Å²) >= 11 is 1.14. The van der Waals surface area contributed by atoms with Gasteiger partial charge in [0.05, 0.1) is 5.69 Å². The highest BCUT2D eigenvalue weighted by molar-refractivity contribution is 8.00. The molecule has 27 heavy (non-hydrogen) atoms. The zero-order valence-electron chi connectivity index (χ0n) is 14.9. The molecule has 2 atom stereocenters. The SMILES string of the molecule is CC[C@H]1CN(C(O)C(C)C)c2ccc(C(O)(C(F)(F)F)C(F)(F)F)cc2S1. The Bertz CT molecular complexity index is 662. The molecule has 0 amide bonds. The molecular formula is C17H21F6NO2S. The van der Waals surface area contributed by atoms with Gasteiger partial charge in [0, 0.05) is 22.3 Å². The lowest BCUT2D eigenvalue weighted by Gasteiger charge is -2.41. The van der Waals surface area contributed by atoms with E-state index >= 15 is 0 Å². The third kappa shape index (κ3) is 3.88. The van der Waals surface area contributed by atoms with Crippen molar-refractivity contribution >= 4 is 17.4 Å². The van der Waals surface area contributed by atoms with E-state index in [9.17, 15) is 36.6 Å². The lowest BCUT2D eigenvalue weighted by atomic mass is 9.92. The minimum absolute atomic E-state index is 0.119. The molecule has 0 spiro atoms. The van der Waals surface area contributed by atoms with Crippen LogP contribution >= 0.6 is 11.8 Å². The number of halogens is 6. The quantitative estimate of drug-likeness (QED) is 0.700. The van der Waals surface area contributed by atoms with Crippen molar-refractivity contribution in [2.24, 2.45) is 5.92 Å². The molecule has 0 aromatic heterocycles. The fourth-order valence-corrected chi connectivity index (χ4v) is 4.18. The van der Waals surface area contributed by atoms with Crippen LogP contribution in [0.4, 0.5) is 32.0 Å². The van der Waals surface area contributed by atoms with Crippen molar-refractivity contribution in [3.05, 3.63) is 23.8 Å². The summed E-state index contributed by atoms with van der Waals surface area (Å²) in [6.07, 6.45) is -12.2. The second-order valence-corrected chi connectivity index (χ2v) is 8.19. The predicted octanol–water partition coefficient (Wildman–Crippen LogP) is 4.66. The van der Waals surface area contributed by atoms with Crippen LogP contribution in [0.5, 0.6) is 0 Å². The van der Waals surface area contributed by atoms with E-state index in [1.54, 1.807) is 18.7 Å². The second-order valence-electron chi connectivity index (χ2n) is 6.85. The molecule has 1 aromatic carbocycles. The molecule has 154 valence electrons. The monoisotopic (exact) mass is 417 g/mol. The summed E-state index contributed by atoms with van der Waals surface area (Å²) in [6, 6.07) is 2.44. The van der Waals surface area contributed by atoms with Gasteiger partial charge in [0.1, 0.15) is 6.23 Å².